The molecule has 1 aliphatic carbocycles. The molecule has 1 N–H and O–H groups in total. The zero-order valence-corrected chi connectivity index (χ0v) is 13.1. The van der Waals surface area contributed by atoms with E-state index in [1.54, 1.807) is 0 Å². The Balaban J connectivity index is 2.21. The molecular weight excluding hydrogens is 309 g/mol. The molecular formula is C19H16FNO3. The molecule has 1 aromatic carbocycles. The second-order valence-electron chi connectivity index (χ2n) is 5.42. The molecule has 0 fully saturated rings. The van der Waals surface area contributed by atoms with Gasteiger partial charge in [-0.1, -0.05) is 18.2 Å². The van der Waals surface area contributed by atoms with Gasteiger partial charge in [-0.05, 0) is 42.7 Å². The molecule has 0 saturated carbocycles. The highest BCUT2D eigenvalue weighted by Crippen LogP contribution is 2.29. The molecule has 0 unspecified atom stereocenters. The third-order valence-corrected chi connectivity index (χ3v) is 3.84. The minimum Gasteiger partial charge on any atom is -0.455 e. The van der Waals surface area contributed by atoms with Crippen LogP contribution in [0.3, 0.4) is 0 Å². The predicted octanol–water partition coefficient (Wildman–Crippen LogP) is 3.54. The lowest BCUT2D eigenvalue weighted by molar-refractivity contribution is 0.0959. The van der Waals surface area contributed by atoms with Crippen molar-refractivity contribution in [1.29, 1.82) is 0 Å². The van der Waals surface area contributed by atoms with Gasteiger partial charge < -0.3 is 9.73 Å². The predicted molar refractivity (Wildman–Crippen MR) is 90.1 cm³/mol. The Bertz CT molecular complexity index is 892. The van der Waals surface area contributed by atoms with E-state index in [4.69, 9.17) is 4.42 Å². The third-order valence-electron chi connectivity index (χ3n) is 3.84. The maximum absolute atomic E-state index is 13.1. The molecule has 24 heavy (non-hydrogen) atoms. The summed E-state index contributed by atoms with van der Waals surface area (Å²) < 4.78 is 19.0. The van der Waals surface area contributed by atoms with Crippen LogP contribution in [0.2, 0.25) is 0 Å². The van der Waals surface area contributed by atoms with Crippen molar-refractivity contribution in [3.05, 3.63) is 75.9 Å². The van der Waals surface area contributed by atoms with Crippen LogP contribution in [-0.2, 0) is 0 Å². The van der Waals surface area contributed by atoms with E-state index in [1.807, 2.05) is 18.2 Å². The van der Waals surface area contributed by atoms with E-state index in [0.717, 1.165) is 12.0 Å². The number of carbonyl (C=O) groups excluding carboxylic acids is 1. The van der Waals surface area contributed by atoms with Gasteiger partial charge in [-0.25, -0.2) is 4.39 Å². The summed E-state index contributed by atoms with van der Waals surface area (Å²) >= 11 is 0. The normalized spacial score (nSPS) is 13.5. The lowest BCUT2D eigenvalue weighted by Gasteiger charge is -2.13. The molecule has 1 heterocycles. The first kappa shape index (κ1) is 15.9. The fraction of sp³-hybridized carbons (Fsp3) is 0.158. The molecule has 2 aromatic rings. The van der Waals surface area contributed by atoms with Crippen molar-refractivity contribution in [2.45, 2.75) is 12.8 Å². The fourth-order valence-electron chi connectivity index (χ4n) is 2.61. The number of hydrogen-bond acceptors (Lipinski definition) is 3. The van der Waals surface area contributed by atoms with Crippen molar-refractivity contribution in [3.8, 4) is 11.3 Å². The van der Waals surface area contributed by atoms with Crippen molar-refractivity contribution in [2.24, 2.45) is 0 Å². The molecule has 1 amide bonds. The highest BCUT2D eigenvalue weighted by molar-refractivity contribution is 5.98. The minimum absolute atomic E-state index is 0.00934. The lowest BCUT2D eigenvalue weighted by atomic mass is 9.98. The van der Waals surface area contributed by atoms with E-state index in [2.05, 4.69) is 5.32 Å². The van der Waals surface area contributed by atoms with Gasteiger partial charge in [-0.2, -0.15) is 0 Å². The molecule has 3 rings (SSSR count). The average Bonchev–Trinajstić information content (AvgIpc) is 2.62. The van der Waals surface area contributed by atoms with Crippen molar-refractivity contribution < 1.29 is 13.6 Å². The van der Waals surface area contributed by atoms with Gasteiger partial charge in [-0.15, -0.1) is 0 Å². The van der Waals surface area contributed by atoms with Gasteiger partial charge in [0.1, 0.15) is 22.9 Å². The van der Waals surface area contributed by atoms with E-state index in [-0.39, 0.29) is 17.1 Å². The van der Waals surface area contributed by atoms with Crippen LogP contribution in [-0.4, -0.2) is 13.0 Å². The Kier molecular flexibility index (Phi) is 4.42. The topological polar surface area (TPSA) is 59.3 Å². The van der Waals surface area contributed by atoms with Crippen LogP contribution in [0.15, 0.2) is 57.8 Å². The summed E-state index contributed by atoms with van der Waals surface area (Å²) in [7, 11) is 1.47. The maximum Gasteiger partial charge on any atom is 0.258 e. The number of nitrogens with one attached hydrogen (secondary N) is 1. The Morgan fingerprint density at radius 2 is 2.00 bits per heavy atom. The van der Waals surface area contributed by atoms with Gasteiger partial charge >= 0.3 is 0 Å². The van der Waals surface area contributed by atoms with E-state index < -0.39 is 11.3 Å². The van der Waals surface area contributed by atoms with E-state index in [9.17, 15) is 14.0 Å². The zero-order valence-electron chi connectivity index (χ0n) is 13.1. The first-order valence-electron chi connectivity index (χ1n) is 7.62. The van der Waals surface area contributed by atoms with Crippen LogP contribution < -0.4 is 10.7 Å². The summed E-state index contributed by atoms with van der Waals surface area (Å²) in [6, 6.07) is 6.92. The van der Waals surface area contributed by atoms with Crippen molar-refractivity contribution in [3.63, 3.8) is 0 Å². The van der Waals surface area contributed by atoms with Gasteiger partial charge in [0.15, 0.2) is 5.43 Å². The molecule has 5 heteroatoms. The lowest BCUT2D eigenvalue weighted by Crippen LogP contribution is -2.27. The Morgan fingerprint density at radius 3 is 2.62 bits per heavy atom. The first-order chi connectivity index (χ1) is 11.6. The summed E-state index contributed by atoms with van der Waals surface area (Å²) in [5.41, 5.74) is 0.928. The van der Waals surface area contributed by atoms with Gasteiger partial charge in [-0.3, -0.25) is 9.59 Å². The van der Waals surface area contributed by atoms with E-state index in [1.165, 1.54) is 37.4 Å². The van der Waals surface area contributed by atoms with Gasteiger partial charge in [0.05, 0.1) is 0 Å². The van der Waals surface area contributed by atoms with Crippen LogP contribution in [0.5, 0.6) is 0 Å². The number of halogens is 1. The second-order valence-corrected chi connectivity index (χ2v) is 5.42. The second kappa shape index (κ2) is 6.66. The van der Waals surface area contributed by atoms with Crippen molar-refractivity contribution >= 4 is 11.5 Å². The summed E-state index contributed by atoms with van der Waals surface area (Å²) in [4.78, 5) is 24.6. The molecule has 0 saturated heterocycles. The number of rotatable bonds is 3. The van der Waals surface area contributed by atoms with E-state index >= 15 is 0 Å². The van der Waals surface area contributed by atoms with Gasteiger partial charge in [0.2, 0.25) is 0 Å². The SMILES string of the molecule is CNC(=O)c1c(C2=CC=CCC2)oc(-c2ccc(F)cc2)cc1=O. The van der Waals surface area contributed by atoms with Crippen LogP contribution in [0.1, 0.15) is 29.0 Å². The monoisotopic (exact) mass is 325 g/mol. The number of allylic oxidation sites excluding steroid dienone is 4. The van der Waals surface area contributed by atoms with Gasteiger partial charge in [0.25, 0.3) is 5.91 Å². The van der Waals surface area contributed by atoms with Crippen LogP contribution in [0, 0.1) is 5.82 Å². The third kappa shape index (κ3) is 3.06. The zero-order chi connectivity index (χ0) is 17.1. The molecule has 1 aliphatic rings. The summed E-state index contributed by atoms with van der Waals surface area (Å²) in [5.74, 6) is -0.285. The average molecular weight is 325 g/mol. The molecule has 4 nitrogen and oxygen atoms in total. The molecule has 0 bridgehead atoms. The number of benzene rings is 1. The van der Waals surface area contributed by atoms with E-state index in [0.29, 0.717) is 17.7 Å². The maximum atomic E-state index is 13.1. The molecule has 0 atom stereocenters. The summed E-state index contributed by atoms with van der Waals surface area (Å²) in [5, 5.41) is 2.47. The Labute approximate surface area is 138 Å². The standard InChI is InChI=1S/C19H16FNO3/c1-21-19(23)17-15(22)11-16(12-7-9-14(20)10-8-12)24-18(17)13-5-3-2-4-6-13/h2-3,5,7-11H,4,6H2,1H3,(H,21,23). The van der Waals surface area contributed by atoms with Crippen LogP contribution in [0.25, 0.3) is 16.9 Å². The molecule has 0 spiro atoms. The largest absolute Gasteiger partial charge is 0.455 e. The van der Waals surface area contributed by atoms with Gasteiger partial charge in [0, 0.05) is 18.7 Å². The summed E-state index contributed by atoms with van der Waals surface area (Å²) in [6.07, 6.45) is 7.20. The summed E-state index contributed by atoms with van der Waals surface area (Å²) in [6.45, 7) is 0. The minimum atomic E-state index is -0.486. The molecule has 1 aromatic heterocycles. The highest BCUT2D eigenvalue weighted by atomic mass is 19.1. The smallest absolute Gasteiger partial charge is 0.258 e. The van der Waals surface area contributed by atoms with Crippen LogP contribution >= 0.6 is 0 Å². The molecule has 0 aliphatic heterocycles. The van der Waals surface area contributed by atoms with Crippen LogP contribution in [0.4, 0.5) is 4.39 Å². The highest BCUT2D eigenvalue weighted by Gasteiger charge is 2.22. The number of carbonyl (C=O) groups is 1. The van der Waals surface area contributed by atoms with Crippen molar-refractivity contribution in [2.75, 3.05) is 7.05 Å². The molecule has 0 radical (unpaired) electrons. The quantitative estimate of drug-likeness (QED) is 0.939. The molecule has 122 valence electrons. The van der Waals surface area contributed by atoms with Crippen molar-refractivity contribution in [1.82, 2.24) is 5.32 Å². The first-order valence-corrected chi connectivity index (χ1v) is 7.62. The Morgan fingerprint density at radius 1 is 1.25 bits per heavy atom. The fourth-order valence-corrected chi connectivity index (χ4v) is 2.61. The number of hydrogen-bond donors (Lipinski definition) is 1. The number of amides is 1. The Hall–Kier alpha value is -2.95.